The molecule has 0 saturated carbocycles. The first-order chi connectivity index (χ1) is 7.85. The van der Waals surface area contributed by atoms with Gasteiger partial charge in [-0.2, -0.15) is 0 Å². The van der Waals surface area contributed by atoms with Crippen LogP contribution in [0.3, 0.4) is 0 Å². The lowest BCUT2D eigenvalue weighted by molar-refractivity contribution is -0.130. The third kappa shape index (κ3) is 4.28. The molecule has 17 heavy (non-hydrogen) atoms. The lowest BCUT2D eigenvalue weighted by Gasteiger charge is -2.32. The van der Waals surface area contributed by atoms with E-state index < -0.39 is 0 Å². The smallest absolute Gasteiger partial charge is 0.240 e. The first-order valence-electron chi connectivity index (χ1n) is 6.52. The summed E-state index contributed by atoms with van der Waals surface area (Å²) in [5, 5.41) is 3.30. The van der Waals surface area contributed by atoms with Crippen LogP contribution in [-0.2, 0) is 4.79 Å². The second kappa shape index (κ2) is 5.83. The van der Waals surface area contributed by atoms with E-state index in [1.165, 1.54) is 0 Å². The van der Waals surface area contributed by atoms with Crippen LogP contribution in [0.25, 0.3) is 0 Å². The standard InChI is InChI=1S/C13H27N3O/c1-6-7-11-12(17)16(10-14-11)9-13(2,3)8-15(4)5/h11,14H,6-10H2,1-5H3. The molecule has 1 fully saturated rings. The summed E-state index contributed by atoms with van der Waals surface area (Å²) in [6.45, 7) is 9.08. The Morgan fingerprint density at radius 3 is 2.65 bits per heavy atom. The molecule has 0 radical (unpaired) electrons. The van der Waals surface area contributed by atoms with Gasteiger partial charge < -0.3 is 9.80 Å². The number of hydrogen-bond donors (Lipinski definition) is 1. The number of nitrogens with one attached hydrogen (secondary N) is 1. The first-order valence-corrected chi connectivity index (χ1v) is 6.52. The van der Waals surface area contributed by atoms with Crippen molar-refractivity contribution in [1.29, 1.82) is 0 Å². The fraction of sp³-hybridized carbons (Fsp3) is 0.923. The van der Waals surface area contributed by atoms with E-state index in [0.29, 0.717) is 6.67 Å². The van der Waals surface area contributed by atoms with Crippen LogP contribution in [0.2, 0.25) is 0 Å². The molecule has 1 unspecified atom stereocenters. The zero-order valence-electron chi connectivity index (χ0n) is 11.9. The van der Waals surface area contributed by atoms with Crippen molar-refractivity contribution in [3.63, 3.8) is 0 Å². The lowest BCUT2D eigenvalue weighted by atomic mass is 9.92. The largest absolute Gasteiger partial charge is 0.328 e. The summed E-state index contributed by atoms with van der Waals surface area (Å²) in [6, 6.07) is 0.0511. The van der Waals surface area contributed by atoms with Gasteiger partial charge >= 0.3 is 0 Å². The van der Waals surface area contributed by atoms with Gasteiger partial charge in [0, 0.05) is 13.1 Å². The van der Waals surface area contributed by atoms with Gasteiger partial charge in [0.05, 0.1) is 12.7 Å². The Labute approximate surface area is 105 Å². The van der Waals surface area contributed by atoms with Crippen molar-refractivity contribution in [2.45, 2.75) is 39.7 Å². The molecule has 0 aromatic heterocycles. The molecule has 1 amide bonds. The Bertz CT molecular complexity index is 263. The van der Waals surface area contributed by atoms with Crippen molar-refractivity contribution in [3.05, 3.63) is 0 Å². The summed E-state index contributed by atoms with van der Waals surface area (Å²) in [6.07, 6.45) is 2.00. The van der Waals surface area contributed by atoms with E-state index in [-0.39, 0.29) is 17.4 Å². The molecule has 1 aliphatic rings. The topological polar surface area (TPSA) is 35.6 Å². The summed E-state index contributed by atoms with van der Waals surface area (Å²) in [7, 11) is 4.15. The Morgan fingerprint density at radius 2 is 2.12 bits per heavy atom. The van der Waals surface area contributed by atoms with Crippen LogP contribution in [0.15, 0.2) is 0 Å². The van der Waals surface area contributed by atoms with Crippen LogP contribution in [0, 0.1) is 5.41 Å². The quantitative estimate of drug-likeness (QED) is 0.757. The third-order valence-electron chi connectivity index (χ3n) is 3.08. The molecule has 1 heterocycles. The summed E-state index contributed by atoms with van der Waals surface area (Å²) in [5.74, 6) is 0.277. The fourth-order valence-electron chi connectivity index (χ4n) is 2.68. The molecule has 1 saturated heterocycles. The molecular weight excluding hydrogens is 214 g/mol. The zero-order chi connectivity index (χ0) is 13.1. The highest BCUT2D eigenvalue weighted by Crippen LogP contribution is 2.20. The Kier molecular flexibility index (Phi) is 4.95. The van der Waals surface area contributed by atoms with Gasteiger partial charge in [0.25, 0.3) is 0 Å². The third-order valence-corrected chi connectivity index (χ3v) is 3.08. The van der Waals surface area contributed by atoms with Crippen LogP contribution in [0.5, 0.6) is 0 Å². The number of hydrogen-bond acceptors (Lipinski definition) is 3. The van der Waals surface area contributed by atoms with Crippen molar-refractivity contribution in [1.82, 2.24) is 15.1 Å². The van der Waals surface area contributed by atoms with E-state index in [9.17, 15) is 4.79 Å². The minimum atomic E-state index is 0.0511. The number of carbonyl (C=O) groups excluding carboxylic acids is 1. The van der Waals surface area contributed by atoms with Crippen molar-refractivity contribution in [2.24, 2.45) is 5.41 Å². The molecule has 0 aliphatic carbocycles. The molecule has 0 bridgehead atoms. The maximum atomic E-state index is 12.1. The molecule has 0 spiro atoms. The highest BCUT2D eigenvalue weighted by molar-refractivity contribution is 5.83. The van der Waals surface area contributed by atoms with Crippen molar-refractivity contribution >= 4 is 5.91 Å². The van der Waals surface area contributed by atoms with Gasteiger partial charge in [-0.1, -0.05) is 27.2 Å². The second-order valence-electron chi connectivity index (χ2n) is 6.14. The second-order valence-corrected chi connectivity index (χ2v) is 6.14. The molecule has 100 valence electrons. The van der Waals surface area contributed by atoms with Crippen LogP contribution >= 0.6 is 0 Å². The van der Waals surface area contributed by atoms with Crippen LogP contribution < -0.4 is 5.32 Å². The highest BCUT2D eigenvalue weighted by Gasteiger charge is 2.33. The highest BCUT2D eigenvalue weighted by atomic mass is 16.2. The number of nitrogens with zero attached hydrogens (tertiary/aromatic N) is 2. The van der Waals surface area contributed by atoms with Gasteiger partial charge in [-0.05, 0) is 25.9 Å². The Balaban J connectivity index is 2.50. The van der Waals surface area contributed by atoms with Gasteiger partial charge in [0.1, 0.15) is 0 Å². The van der Waals surface area contributed by atoms with E-state index in [2.05, 4.69) is 45.1 Å². The average Bonchev–Trinajstić information content (AvgIpc) is 2.48. The SMILES string of the molecule is CCCC1NCN(CC(C)(C)CN(C)C)C1=O. The minimum Gasteiger partial charge on any atom is -0.328 e. The van der Waals surface area contributed by atoms with Gasteiger partial charge in [-0.15, -0.1) is 0 Å². The lowest BCUT2D eigenvalue weighted by Crippen LogP contribution is -2.42. The Morgan fingerprint density at radius 1 is 1.47 bits per heavy atom. The summed E-state index contributed by atoms with van der Waals surface area (Å²) >= 11 is 0. The van der Waals surface area contributed by atoms with E-state index >= 15 is 0 Å². The maximum absolute atomic E-state index is 12.1. The zero-order valence-corrected chi connectivity index (χ0v) is 11.9. The molecule has 1 rings (SSSR count). The van der Waals surface area contributed by atoms with E-state index in [1.54, 1.807) is 0 Å². The number of rotatable bonds is 6. The van der Waals surface area contributed by atoms with Crippen LogP contribution in [0.4, 0.5) is 0 Å². The minimum absolute atomic E-state index is 0.0511. The van der Waals surface area contributed by atoms with E-state index in [1.807, 2.05) is 4.90 Å². The normalized spacial score (nSPS) is 21.6. The van der Waals surface area contributed by atoms with Gasteiger partial charge in [-0.3, -0.25) is 10.1 Å². The molecule has 0 aromatic rings. The van der Waals surface area contributed by atoms with Crippen LogP contribution in [-0.4, -0.2) is 55.6 Å². The molecule has 1 N–H and O–H groups in total. The molecule has 4 nitrogen and oxygen atoms in total. The predicted octanol–water partition coefficient (Wildman–Crippen LogP) is 1.13. The summed E-state index contributed by atoms with van der Waals surface area (Å²) in [4.78, 5) is 16.2. The Hall–Kier alpha value is -0.610. The molecule has 0 aromatic carbocycles. The van der Waals surface area contributed by atoms with Crippen LogP contribution in [0.1, 0.15) is 33.6 Å². The average molecular weight is 241 g/mol. The molecule has 4 heteroatoms. The number of amides is 1. The van der Waals surface area contributed by atoms with Crippen molar-refractivity contribution < 1.29 is 4.79 Å². The molecule has 1 atom stereocenters. The monoisotopic (exact) mass is 241 g/mol. The van der Waals surface area contributed by atoms with Gasteiger partial charge in [0.15, 0.2) is 0 Å². The molecular formula is C13H27N3O. The van der Waals surface area contributed by atoms with Gasteiger partial charge in [-0.25, -0.2) is 0 Å². The van der Waals surface area contributed by atoms with Gasteiger partial charge in [0.2, 0.25) is 5.91 Å². The van der Waals surface area contributed by atoms with Crippen molar-refractivity contribution in [2.75, 3.05) is 33.9 Å². The van der Waals surface area contributed by atoms with E-state index in [0.717, 1.165) is 25.9 Å². The number of carbonyl (C=O) groups is 1. The summed E-state index contributed by atoms with van der Waals surface area (Å²) in [5.41, 5.74) is 0.141. The summed E-state index contributed by atoms with van der Waals surface area (Å²) < 4.78 is 0. The molecule has 1 aliphatic heterocycles. The predicted molar refractivity (Wildman–Crippen MR) is 70.7 cm³/mol. The first kappa shape index (κ1) is 14.5. The van der Waals surface area contributed by atoms with E-state index in [4.69, 9.17) is 0 Å². The van der Waals surface area contributed by atoms with Crippen molar-refractivity contribution in [3.8, 4) is 0 Å². The fourth-order valence-corrected chi connectivity index (χ4v) is 2.68. The maximum Gasteiger partial charge on any atom is 0.240 e.